The number of benzene rings is 2. The Balaban J connectivity index is 1.20. The largest absolute Gasteiger partial charge is 0.342 e. The van der Waals surface area contributed by atoms with Gasteiger partial charge in [-0.25, -0.2) is 9.97 Å². The molecule has 36 heavy (non-hydrogen) atoms. The zero-order valence-corrected chi connectivity index (χ0v) is 21.2. The van der Waals surface area contributed by atoms with Crippen molar-refractivity contribution in [3.05, 3.63) is 90.3 Å². The van der Waals surface area contributed by atoms with Crippen LogP contribution in [-0.4, -0.2) is 53.5 Å². The Bertz CT molecular complexity index is 1090. The zero-order valence-electron chi connectivity index (χ0n) is 21.2. The molecule has 6 nitrogen and oxygen atoms in total. The van der Waals surface area contributed by atoms with Crippen LogP contribution in [0.2, 0.25) is 0 Å². The molecule has 1 N–H and O–H groups in total. The van der Waals surface area contributed by atoms with E-state index in [0.717, 1.165) is 64.4 Å². The molecule has 0 bridgehead atoms. The van der Waals surface area contributed by atoms with Crippen LogP contribution in [0, 0.1) is 5.92 Å². The van der Waals surface area contributed by atoms with E-state index >= 15 is 0 Å². The fraction of sp³-hybridized carbons (Fsp3) is 0.433. The Morgan fingerprint density at radius 2 is 1.53 bits per heavy atom. The average Bonchev–Trinajstić information content (AvgIpc) is 2.97. The standard InChI is InChI=1S/C30H37N5O/c1-24(25-9-4-2-5-10-25)33-23-30(27-11-6-3-7-12-27)15-21-34(22-16-30)28(36)26-13-19-35(20-14-26)29-31-17-8-18-32-29/h2-12,17-18,24,26,33H,13-16,19-23H2,1H3. The van der Waals surface area contributed by atoms with E-state index < -0.39 is 0 Å². The molecule has 6 heteroatoms. The van der Waals surface area contributed by atoms with E-state index in [1.54, 1.807) is 12.4 Å². The van der Waals surface area contributed by atoms with Crippen LogP contribution in [0.3, 0.4) is 0 Å². The summed E-state index contributed by atoms with van der Waals surface area (Å²) >= 11 is 0. The van der Waals surface area contributed by atoms with Crippen molar-refractivity contribution < 1.29 is 4.79 Å². The zero-order chi connectivity index (χ0) is 24.8. The number of nitrogens with one attached hydrogen (secondary N) is 1. The number of hydrogen-bond acceptors (Lipinski definition) is 5. The second-order valence-corrected chi connectivity index (χ2v) is 10.3. The molecule has 2 saturated heterocycles. The quantitative estimate of drug-likeness (QED) is 0.532. The summed E-state index contributed by atoms with van der Waals surface area (Å²) in [5.74, 6) is 1.20. The van der Waals surface area contributed by atoms with E-state index in [1.165, 1.54) is 11.1 Å². The van der Waals surface area contributed by atoms with Crippen LogP contribution in [0.15, 0.2) is 79.1 Å². The first-order valence-electron chi connectivity index (χ1n) is 13.3. The average molecular weight is 484 g/mol. The monoisotopic (exact) mass is 483 g/mol. The molecule has 0 spiro atoms. The highest BCUT2D eigenvalue weighted by Gasteiger charge is 2.39. The first-order chi connectivity index (χ1) is 17.6. The number of piperidine rings is 2. The molecule has 2 aliphatic rings. The second kappa shape index (κ2) is 11.2. The number of carbonyl (C=O) groups is 1. The van der Waals surface area contributed by atoms with Crippen LogP contribution in [0.25, 0.3) is 0 Å². The molecule has 2 aromatic carbocycles. The molecular weight excluding hydrogens is 446 g/mol. The third kappa shape index (κ3) is 5.44. The third-order valence-electron chi connectivity index (χ3n) is 8.14. The summed E-state index contributed by atoms with van der Waals surface area (Å²) in [5.41, 5.74) is 2.72. The normalized spacial score (nSPS) is 19.1. The van der Waals surface area contributed by atoms with Crippen molar-refractivity contribution in [2.24, 2.45) is 5.92 Å². The lowest BCUT2D eigenvalue weighted by molar-refractivity contribution is -0.137. The number of rotatable bonds is 7. The highest BCUT2D eigenvalue weighted by atomic mass is 16.2. The van der Waals surface area contributed by atoms with E-state index in [-0.39, 0.29) is 17.4 Å². The number of likely N-dealkylation sites (tertiary alicyclic amines) is 1. The van der Waals surface area contributed by atoms with Crippen LogP contribution in [0.1, 0.15) is 49.8 Å². The fourth-order valence-corrected chi connectivity index (χ4v) is 5.76. The summed E-state index contributed by atoms with van der Waals surface area (Å²) < 4.78 is 0. The van der Waals surface area contributed by atoms with Gasteiger partial charge in [0.15, 0.2) is 0 Å². The van der Waals surface area contributed by atoms with Crippen molar-refractivity contribution in [2.75, 3.05) is 37.6 Å². The first kappa shape index (κ1) is 24.4. The van der Waals surface area contributed by atoms with E-state index in [1.807, 2.05) is 6.07 Å². The van der Waals surface area contributed by atoms with Crippen molar-refractivity contribution in [2.45, 2.75) is 44.1 Å². The highest BCUT2D eigenvalue weighted by molar-refractivity contribution is 5.79. The van der Waals surface area contributed by atoms with E-state index in [2.05, 4.69) is 92.7 Å². The van der Waals surface area contributed by atoms with Gasteiger partial charge >= 0.3 is 0 Å². The molecule has 1 aromatic heterocycles. The van der Waals surface area contributed by atoms with Crippen LogP contribution in [-0.2, 0) is 10.2 Å². The van der Waals surface area contributed by atoms with Gasteiger partial charge in [-0.15, -0.1) is 0 Å². The van der Waals surface area contributed by atoms with E-state index in [9.17, 15) is 4.79 Å². The van der Waals surface area contributed by atoms with Gasteiger partial charge in [0, 0.05) is 62.5 Å². The molecule has 2 fully saturated rings. The summed E-state index contributed by atoms with van der Waals surface area (Å²) in [6.45, 7) is 6.45. The number of aromatic nitrogens is 2. The molecule has 5 rings (SSSR count). The van der Waals surface area contributed by atoms with Crippen molar-refractivity contribution in [3.63, 3.8) is 0 Å². The van der Waals surface area contributed by atoms with Gasteiger partial charge in [-0.05, 0) is 49.8 Å². The maximum atomic E-state index is 13.5. The predicted octanol–water partition coefficient (Wildman–Crippen LogP) is 4.60. The minimum Gasteiger partial charge on any atom is -0.342 e. The summed E-state index contributed by atoms with van der Waals surface area (Å²) in [7, 11) is 0. The number of nitrogens with zero attached hydrogens (tertiary/aromatic N) is 4. The maximum absolute atomic E-state index is 13.5. The Morgan fingerprint density at radius 1 is 0.917 bits per heavy atom. The van der Waals surface area contributed by atoms with Crippen LogP contribution in [0.5, 0.6) is 0 Å². The van der Waals surface area contributed by atoms with Crippen molar-refractivity contribution in [1.29, 1.82) is 0 Å². The number of hydrogen-bond donors (Lipinski definition) is 1. The summed E-state index contributed by atoms with van der Waals surface area (Å²) in [5, 5.41) is 3.81. The SMILES string of the molecule is CC(NCC1(c2ccccc2)CCN(C(=O)C2CCN(c3ncccn3)CC2)CC1)c1ccccc1. The number of carbonyl (C=O) groups excluding carboxylic acids is 1. The van der Waals surface area contributed by atoms with Crippen LogP contribution in [0.4, 0.5) is 5.95 Å². The molecule has 0 saturated carbocycles. The molecule has 3 aromatic rings. The Kier molecular flexibility index (Phi) is 7.61. The van der Waals surface area contributed by atoms with Crippen molar-refractivity contribution in [3.8, 4) is 0 Å². The van der Waals surface area contributed by atoms with Gasteiger partial charge in [0.1, 0.15) is 0 Å². The molecule has 188 valence electrons. The van der Waals surface area contributed by atoms with Crippen LogP contribution >= 0.6 is 0 Å². The molecule has 1 atom stereocenters. The van der Waals surface area contributed by atoms with E-state index in [0.29, 0.717) is 5.91 Å². The molecular formula is C30H37N5O. The smallest absolute Gasteiger partial charge is 0.225 e. The summed E-state index contributed by atoms with van der Waals surface area (Å²) in [4.78, 5) is 26.5. The van der Waals surface area contributed by atoms with Gasteiger partial charge < -0.3 is 15.1 Å². The van der Waals surface area contributed by atoms with Gasteiger partial charge in [0.05, 0.1) is 0 Å². The third-order valence-corrected chi connectivity index (χ3v) is 8.14. The highest BCUT2D eigenvalue weighted by Crippen LogP contribution is 2.36. The predicted molar refractivity (Wildman–Crippen MR) is 144 cm³/mol. The lowest BCUT2D eigenvalue weighted by atomic mass is 9.72. The Labute approximate surface area is 214 Å². The molecule has 1 amide bonds. The minimum absolute atomic E-state index is 0.0368. The van der Waals surface area contributed by atoms with Gasteiger partial charge in [-0.3, -0.25) is 4.79 Å². The minimum atomic E-state index is 0.0368. The molecule has 3 heterocycles. The summed E-state index contributed by atoms with van der Waals surface area (Å²) in [6, 6.07) is 23.6. The molecule has 1 unspecified atom stereocenters. The van der Waals surface area contributed by atoms with Gasteiger partial charge in [0.25, 0.3) is 0 Å². The lowest BCUT2D eigenvalue weighted by Gasteiger charge is -2.44. The summed E-state index contributed by atoms with van der Waals surface area (Å²) in [6.07, 6.45) is 7.26. The first-order valence-corrected chi connectivity index (χ1v) is 13.3. The molecule has 0 radical (unpaired) electrons. The van der Waals surface area contributed by atoms with Gasteiger partial charge in [-0.1, -0.05) is 60.7 Å². The topological polar surface area (TPSA) is 61.4 Å². The van der Waals surface area contributed by atoms with Gasteiger partial charge in [-0.2, -0.15) is 0 Å². The molecule has 2 aliphatic heterocycles. The number of anilines is 1. The lowest BCUT2D eigenvalue weighted by Crippen LogP contribution is -2.52. The number of amides is 1. The fourth-order valence-electron chi connectivity index (χ4n) is 5.76. The van der Waals surface area contributed by atoms with Crippen LogP contribution < -0.4 is 10.2 Å². The Morgan fingerprint density at radius 3 is 2.17 bits per heavy atom. The Hall–Kier alpha value is -3.25. The van der Waals surface area contributed by atoms with E-state index in [4.69, 9.17) is 0 Å². The maximum Gasteiger partial charge on any atom is 0.225 e. The van der Waals surface area contributed by atoms with Gasteiger partial charge in [0.2, 0.25) is 11.9 Å². The second-order valence-electron chi connectivity index (χ2n) is 10.3. The van der Waals surface area contributed by atoms with Crippen molar-refractivity contribution >= 4 is 11.9 Å². The van der Waals surface area contributed by atoms with Crippen molar-refractivity contribution in [1.82, 2.24) is 20.2 Å². The molecule has 0 aliphatic carbocycles.